The van der Waals surface area contributed by atoms with E-state index >= 15 is 0 Å². The average Bonchev–Trinajstić information content (AvgIpc) is 2.00. The molecule has 0 spiro atoms. The van der Waals surface area contributed by atoms with Crippen LogP contribution in [-0.2, 0) is 0 Å². The first-order valence-corrected chi connectivity index (χ1v) is 4.39. The average molecular weight is 154 g/mol. The SMILES string of the molecule is CC1=CCCC(C)C1(C)CO. The van der Waals surface area contributed by atoms with Gasteiger partial charge in [0.15, 0.2) is 0 Å². The van der Waals surface area contributed by atoms with Crippen LogP contribution in [0.5, 0.6) is 0 Å². The Morgan fingerprint density at radius 3 is 2.73 bits per heavy atom. The van der Waals surface area contributed by atoms with Crippen molar-refractivity contribution in [2.24, 2.45) is 11.3 Å². The molecular formula is C10H18O. The lowest BCUT2D eigenvalue weighted by Crippen LogP contribution is -2.32. The standard InChI is InChI=1S/C10H18O/c1-8-5-4-6-9(2)10(8,3)7-11/h5,9,11H,4,6-7H2,1-3H3. The van der Waals surface area contributed by atoms with E-state index in [9.17, 15) is 5.11 Å². The zero-order valence-electron chi connectivity index (χ0n) is 7.72. The van der Waals surface area contributed by atoms with E-state index < -0.39 is 0 Å². The van der Waals surface area contributed by atoms with Crippen molar-refractivity contribution in [1.29, 1.82) is 0 Å². The van der Waals surface area contributed by atoms with Crippen LogP contribution in [0.15, 0.2) is 11.6 Å². The van der Waals surface area contributed by atoms with Gasteiger partial charge in [0.05, 0.1) is 6.61 Å². The van der Waals surface area contributed by atoms with Crippen LogP contribution in [0.3, 0.4) is 0 Å². The quantitative estimate of drug-likeness (QED) is 0.575. The van der Waals surface area contributed by atoms with E-state index in [1.165, 1.54) is 18.4 Å². The highest BCUT2D eigenvalue weighted by atomic mass is 16.3. The number of rotatable bonds is 1. The zero-order chi connectivity index (χ0) is 8.48. The maximum Gasteiger partial charge on any atom is 0.0524 e. The fourth-order valence-corrected chi connectivity index (χ4v) is 1.77. The first-order valence-electron chi connectivity index (χ1n) is 4.39. The molecule has 0 heterocycles. The van der Waals surface area contributed by atoms with E-state index in [0.29, 0.717) is 5.92 Å². The Labute approximate surface area is 69.1 Å². The number of hydrogen-bond acceptors (Lipinski definition) is 1. The minimum Gasteiger partial charge on any atom is -0.395 e. The third-order valence-corrected chi connectivity index (χ3v) is 3.37. The summed E-state index contributed by atoms with van der Waals surface area (Å²) in [6.07, 6.45) is 4.66. The van der Waals surface area contributed by atoms with Crippen molar-refractivity contribution in [1.82, 2.24) is 0 Å². The molecule has 0 radical (unpaired) electrons. The fourth-order valence-electron chi connectivity index (χ4n) is 1.77. The molecule has 0 fully saturated rings. The smallest absolute Gasteiger partial charge is 0.0524 e. The van der Waals surface area contributed by atoms with Crippen molar-refractivity contribution in [2.75, 3.05) is 6.61 Å². The number of allylic oxidation sites excluding steroid dienone is 1. The molecule has 0 aromatic rings. The van der Waals surface area contributed by atoms with Gasteiger partial charge in [0.25, 0.3) is 0 Å². The second kappa shape index (κ2) is 2.98. The van der Waals surface area contributed by atoms with E-state index in [1.807, 2.05) is 0 Å². The molecule has 1 aliphatic carbocycles. The molecule has 1 nitrogen and oxygen atoms in total. The second-order valence-electron chi connectivity index (χ2n) is 3.94. The molecule has 0 aromatic heterocycles. The van der Waals surface area contributed by atoms with E-state index in [2.05, 4.69) is 26.8 Å². The molecule has 2 atom stereocenters. The normalized spacial score (nSPS) is 38.5. The van der Waals surface area contributed by atoms with Crippen molar-refractivity contribution >= 4 is 0 Å². The maximum absolute atomic E-state index is 9.25. The van der Waals surface area contributed by atoms with Crippen molar-refractivity contribution in [3.8, 4) is 0 Å². The van der Waals surface area contributed by atoms with Crippen LogP contribution in [0.2, 0.25) is 0 Å². The Morgan fingerprint density at radius 1 is 1.73 bits per heavy atom. The molecule has 1 rings (SSSR count). The van der Waals surface area contributed by atoms with Crippen molar-refractivity contribution in [2.45, 2.75) is 33.6 Å². The summed E-state index contributed by atoms with van der Waals surface area (Å²) in [6, 6.07) is 0. The predicted molar refractivity (Wildman–Crippen MR) is 47.3 cm³/mol. The van der Waals surface area contributed by atoms with Crippen LogP contribution >= 0.6 is 0 Å². The van der Waals surface area contributed by atoms with E-state index in [4.69, 9.17) is 0 Å². The second-order valence-corrected chi connectivity index (χ2v) is 3.94. The van der Waals surface area contributed by atoms with Crippen molar-refractivity contribution in [3.63, 3.8) is 0 Å². The molecule has 0 aromatic carbocycles. The molecule has 11 heavy (non-hydrogen) atoms. The Balaban J connectivity index is 2.87. The van der Waals surface area contributed by atoms with Gasteiger partial charge in [-0.15, -0.1) is 0 Å². The predicted octanol–water partition coefficient (Wildman–Crippen LogP) is 2.36. The lowest BCUT2D eigenvalue weighted by Gasteiger charge is -2.38. The fraction of sp³-hybridized carbons (Fsp3) is 0.800. The minimum atomic E-state index is 0.0538. The van der Waals surface area contributed by atoms with E-state index in [0.717, 1.165) is 0 Å². The topological polar surface area (TPSA) is 20.2 Å². The van der Waals surface area contributed by atoms with Gasteiger partial charge in [0.2, 0.25) is 0 Å². The third-order valence-electron chi connectivity index (χ3n) is 3.37. The van der Waals surface area contributed by atoms with Gasteiger partial charge < -0.3 is 5.11 Å². The Bertz CT molecular complexity index is 172. The van der Waals surface area contributed by atoms with Gasteiger partial charge >= 0.3 is 0 Å². The van der Waals surface area contributed by atoms with Gasteiger partial charge in [-0.25, -0.2) is 0 Å². The Hall–Kier alpha value is -0.300. The van der Waals surface area contributed by atoms with Crippen molar-refractivity contribution < 1.29 is 5.11 Å². The lowest BCUT2D eigenvalue weighted by molar-refractivity contribution is 0.110. The van der Waals surface area contributed by atoms with Gasteiger partial charge in [-0.1, -0.05) is 25.5 Å². The largest absolute Gasteiger partial charge is 0.395 e. The van der Waals surface area contributed by atoms with Gasteiger partial charge in [-0.2, -0.15) is 0 Å². The molecule has 1 aliphatic rings. The van der Waals surface area contributed by atoms with Crippen LogP contribution < -0.4 is 0 Å². The summed E-state index contributed by atoms with van der Waals surface area (Å²) in [6.45, 7) is 6.80. The monoisotopic (exact) mass is 154 g/mol. The zero-order valence-corrected chi connectivity index (χ0v) is 7.72. The summed E-state index contributed by atoms with van der Waals surface area (Å²) in [7, 11) is 0. The van der Waals surface area contributed by atoms with E-state index in [-0.39, 0.29) is 12.0 Å². The van der Waals surface area contributed by atoms with Gasteiger partial charge in [-0.3, -0.25) is 0 Å². The van der Waals surface area contributed by atoms with Gasteiger partial charge in [-0.05, 0) is 25.7 Å². The van der Waals surface area contributed by atoms with Gasteiger partial charge in [0.1, 0.15) is 0 Å². The highest BCUT2D eigenvalue weighted by molar-refractivity contribution is 5.15. The first-order chi connectivity index (χ1) is 5.11. The summed E-state index contributed by atoms with van der Waals surface area (Å²) in [4.78, 5) is 0. The molecule has 0 amide bonds. The molecule has 1 N–H and O–H groups in total. The molecule has 64 valence electrons. The summed E-state index contributed by atoms with van der Waals surface area (Å²) < 4.78 is 0. The highest BCUT2D eigenvalue weighted by Crippen LogP contribution is 2.40. The Morgan fingerprint density at radius 2 is 2.36 bits per heavy atom. The summed E-state index contributed by atoms with van der Waals surface area (Å²) >= 11 is 0. The number of hydrogen-bond donors (Lipinski definition) is 1. The number of aliphatic hydroxyl groups excluding tert-OH is 1. The molecule has 0 bridgehead atoms. The van der Waals surface area contributed by atoms with Gasteiger partial charge in [0, 0.05) is 5.41 Å². The van der Waals surface area contributed by atoms with Crippen LogP contribution in [0.25, 0.3) is 0 Å². The Kier molecular flexibility index (Phi) is 2.38. The highest BCUT2D eigenvalue weighted by Gasteiger charge is 2.33. The summed E-state index contributed by atoms with van der Waals surface area (Å²) in [5, 5.41) is 9.25. The molecular weight excluding hydrogens is 136 g/mol. The molecule has 0 saturated carbocycles. The van der Waals surface area contributed by atoms with Crippen LogP contribution in [0, 0.1) is 11.3 Å². The van der Waals surface area contributed by atoms with Crippen LogP contribution in [-0.4, -0.2) is 11.7 Å². The lowest BCUT2D eigenvalue weighted by atomic mass is 9.68. The summed E-state index contributed by atoms with van der Waals surface area (Å²) in [5.41, 5.74) is 1.41. The molecule has 2 unspecified atom stereocenters. The number of aliphatic hydroxyl groups is 1. The first kappa shape index (κ1) is 8.79. The van der Waals surface area contributed by atoms with Crippen LogP contribution in [0.4, 0.5) is 0 Å². The maximum atomic E-state index is 9.25. The molecule has 0 saturated heterocycles. The summed E-state index contributed by atoms with van der Waals surface area (Å²) in [5.74, 6) is 0.623. The van der Waals surface area contributed by atoms with E-state index in [1.54, 1.807) is 0 Å². The van der Waals surface area contributed by atoms with Crippen LogP contribution in [0.1, 0.15) is 33.6 Å². The third kappa shape index (κ3) is 1.34. The minimum absolute atomic E-state index is 0.0538. The molecule has 0 aliphatic heterocycles. The molecule has 1 heteroatoms. The van der Waals surface area contributed by atoms with Crippen molar-refractivity contribution in [3.05, 3.63) is 11.6 Å².